The molecule has 3 aromatic rings. The Morgan fingerprint density at radius 3 is 2.39 bits per heavy atom. The van der Waals surface area contributed by atoms with Crippen molar-refractivity contribution in [2.75, 3.05) is 11.9 Å². The predicted molar refractivity (Wildman–Crippen MR) is 154 cm³/mol. The normalized spacial score (nSPS) is 25.2. The molecule has 2 aliphatic rings. The number of halogens is 1. The highest BCUT2D eigenvalue weighted by atomic mass is 35.5. The smallest absolute Gasteiger partial charge is 0.329 e. The summed E-state index contributed by atoms with van der Waals surface area (Å²) in [4.78, 5) is 12.7. The van der Waals surface area contributed by atoms with Crippen LogP contribution >= 0.6 is 11.6 Å². The highest BCUT2D eigenvalue weighted by Crippen LogP contribution is 2.56. The molecule has 0 heterocycles. The zero-order chi connectivity index (χ0) is 26.8. The fourth-order valence-electron chi connectivity index (χ4n) is 6.83. The van der Waals surface area contributed by atoms with Crippen LogP contribution < -0.4 is 10.1 Å². The van der Waals surface area contributed by atoms with Gasteiger partial charge in [0.15, 0.2) is 0 Å². The van der Waals surface area contributed by atoms with Gasteiger partial charge in [-0.3, -0.25) is 0 Å². The number of carboxylic acid groups (broad SMARTS) is 1. The zero-order valence-electron chi connectivity index (χ0n) is 22.3. The first-order chi connectivity index (χ1) is 18.3. The Bertz CT molecular complexity index is 1250. The van der Waals surface area contributed by atoms with E-state index in [-0.39, 0.29) is 5.41 Å². The second-order valence-electron chi connectivity index (χ2n) is 11.6. The predicted octanol–water partition coefficient (Wildman–Crippen LogP) is 8.00. The number of rotatable bonds is 9. The first kappa shape index (κ1) is 26.6. The molecule has 5 rings (SSSR count). The highest BCUT2D eigenvalue weighted by molar-refractivity contribution is 6.30. The lowest BCUT2D eigenvalue weighted by Gasteiger charge is -2.47. The van der Waals surface area contributed by atoms with Gasteiger partial charge < -0.3 is 15.2 Å². The number of fused-ring (bicyclic) bond motifs is 2. The number of anilines is 1. The lowest BCUT2D eigenvalue weighted by Crippen LogP contribution is -2.53. The van der Waals surface area contributed by atoms with E-state index in [9.17, 15) is 9.90 Å². The zero-order valence-corrected chi connectivity index (χ0v) is 23.1. The summed E-state index contributed by atoms with van der Waals surface area (Å²) in [6.45, 7) is 5.28. The second kappa shape index (κ2) is 11.0. The van der Waals surface area contributed by atoms with Crippen molar-refractivity contribution >= 4 is 23.3 Å². The first-order valence-corrected chi connectivity index (χ1v) is 14.2. The topological polar surface area (TPSA) is 58.6 Å². The summed E-state index contributed by atoms with van der Waals surface area (Å²) in [6, 6.07) is 26.3. The fraction of sp³-hybridized carbons (Fsp3) is 0.424. The van der Waals surface area contributed by atoms with Gasteiger partial charge in [-0.1, -0.05) is 74.0 Å². The van der Waals surface area contributed by atoms with Crippen LogP contribution in [-0.2, 0) is 16.6 Å². The standard InChI is InChI=1S/C33H38ClNO3/c1-23(2)25(22-38-29-12-4-3-5-13-29)20-26-19-24-9-6-7-14-30(24)32(26)15-17-33(18-16-32,31(36)37)35-28-11-8-10-27(34)21-28/h3-14,21,23,25-26,35H,15-20,22H2,1-2H3,(H,36,37)/t25-,26-,32?,33?/m1/s1. The lowest BCUT2D eigenvalue weighted by atomic mass is 9.59. The van der Waals surface area contributed by atoms with E-state index < -0.39 is 11.5 Å². The van der Waals surface area contributed by atoms with E-state index in [1.165, 1.54) is 11.1 Å². The summed E-state index contributed by atoms with van der Waals surface area (Å²) in [5.74, 6) is 1.50. The molecule has 0 unspecified atom stereocenters. The van der Waals surface area contributed by atoms with E-state index in [0.29, 0.717) is 42.2 Å². The summed E-state index contributed by atoms with van der Waals surface area (Å²) in [6.07, 6.45) is 4.96. The van der Waals surface area contributed by atoms with Gasteiger partial charge in [0, 0.05) is 10.7 Å². The molecule has 200 valence electrons. The molecule has 1 saturated carbocycles. The van der Waals surface area contributed by atoms with E-state index in [4.69, 9.17) is 16.3 Å². The molecule has 0 amide bonds. The molecule has 0 saturated heterocycles. The molecule has 0 bridgehead atoms. The van der Waals surface area contributed by atoms with E-state index >= 15 is 0 Å². The van der Waals surface area contributed by atoms with Gasteiger partial charge >= 0.3 is 5.97 Å². The summed E-state index contributed by atoms with van der Waals surface area (Å²) in [5, 5.41) is 14.4. The molecule has 0 aliphatic heterocycles. The van der Waals surface area contributed by atoms with Crippen LogP contribution in [0.1, 0.15) is 57.1 Å². The Labute approximate surface area is 231 Å². The molecule has 0 radical (unpaired) electrons. The summed E-state index contributed by atoms with van der Waals surface area (Å²) < 4.78 is 6.23. The fourth-order valence-corrected chi connectivity index (χ4v) is 7.02. The first-order valence-electron chi connectivity index (χ1n) is 13.8. The average Bonchev–Trinajstić information content (AvgIpc) is 3.21. The number of carbonyl (C=O) groups is 1. The van der Waals surface area contributed by atoms with Gasteiger partial charge in [-0.2, -0.15) is 0 Å². The number of aliphatic carboxylic acids is 1. The highest BCUT2D eigenvalue weighted by Gasteiger charge is 2.54. The molecule has 1 spiro atoms. The van der Waals surface area contributed by atoms with Gasteiger partial charge in [0.05, 0.1) is 6.61 Å². The molecule has 1 fully saturated rings. The number of para-hydroxylation sites is 1. The third-order valence-electron chi connectivity index (χ3n) is 9.15. The number of carboxylic acids is 1. The molecule has 5 heteroatoms. The van der Waals surface area contributed by atoms with Gasteiger partial charge in [-0.05, 0) is 103 Å². The molecule has 2 atom stereocenters. The van der Waals surface area contributed by atoms with Crippen LogP contribution in [0, 0.1) is 17.8 Å². The molecule has 0 aromatic heterocycles. The van der Waals surface area contributed by atoms with Crippen LogP contribution in [0.5, 0.6) is 5.75 Å². The van der Waals surface area contributed by atoms with Crippen molar-refractivity contribution in [3.05, 3.63) is 95.0 Å². The minimum absolute atomic E-state index is 0.00849. The number of hydrogen-bond donors (Lipinski definition) is 2. The Hall–Kier alpha value is -2.98. The molecular weight excluding hydrogens is 494 g/mol. The molecule has 2 aliphatic carbocycles. The Kier molecular flexibility index (Phi) is 7.72. The summed E-state index contributed by atoms with van der Waals surface area (Å²) >= 11 is 6.20. The number of nitrogens with one attached hydrogen (secondary N) is 1. The average molecular weight is 532 g/mol. The Balaban J connectivity index is 1.38. The summed E-state index contributed by atoms with van der Waals surface area (Å²) in [7, 11) is 0. The van der Waals surface area contributed by atoms with Crippen LogP contribution in [0.2, 0.25) is 5.02 Å². The monoisotopic (exact) mass is 531 g/mol. The largest absolute Gasteiger partial charge is 0.493 e. The van der Waals surface area contributed by atoms with Crippen molar-refractivity contribution in [3.8, 4) is 5.75 Å². The van der Waals surface area contributed by atoms with Crippen LogP contribution in [0.15, 0.2) is 78.9 Å². The third-order valence-corrected chi connectivity index (χ3v) is 9.39. The van der Waals surface area contributed by atoms with Crippen LogP contribution in [0.3, 0.4) is 0 Å². The van der Waals surface area contributed by atoms with Gasteiger partial charge in [-0.25, -0.2) is 4.79 Å². The molecular formula is C33H38ClNO3. The lowest BCUT2D eigenvalue weighted by molar-refractivity contribution is -0.144. The van der Waals surface area contributed by atoms with Crippen molar-refractivity contribution in [1.82, 2.24) is 0 Å². The van der Waals surface area contributed by atoms with Gasteiger partial charge in [0.25, 0.3) is 0 Å². The summed E-state index contributed by atoms with van der Waals surface area (Å²) in [5.41, 5.74) is 2.61. The van der Waals surface area contributed by atoms with Crippen LogP contribution in [0.25, 0.3) is 0 Å². The van der Waals surface area contributed by atoms with E-state index in [1.807, 2.05) is 54.6 Å². The minimum atomic E-state index is -0.994. The van der Waals surface area contributed by atoms with E-state index in [2.05, 4.69) is 43.4 Å². The van der Waals surface area contributed by atoms with Crippen molar-refractivity contribution < 1.29 is 14.6 Å². The number of ether oxygens (including phenoxy) is 1. The Morgan fingerprint density at radius 2 is 1.71 bits per heavy atom. The van der Waals surface area contributed by atoms with Gasteiger partial charge in [-0.15, -0.1) is 0 Å². The van der Waals surface area contributed by atoms with Gasteiger partial charge in [0.2, 0.25) is 0 Å². The maximum absolute atomic E-state index is 12.7. The van der Waals surface area contributed by atoms with Gasteiger partial charge in [0.1, 0.15) is 11.3 Å². The SMILES string of the molecule is CC(C)[C@@H](COc1ccccc1)C[C@H]1Cc2ccccc2C12CCC(Nc1cccc(Cl)c1)(C(=O)O)CC2. The van der Waals surface area contributed by atoms with Crippen molar-refractivity contribution in [3.63, 3.8) is 0 Å². The van der Waals surface area contributed by atoms with Crippen molar-refractivity contribution in [1.29, 1.82) is 0 Å². The molecule has 2 N–H and O–H groups in total. The van der Waals surface area contributed by atoms with Crippen molar-refractivity contribution in [2.24, 2.45) is 17.8 Å². The Morgan fingerprint density at radius 1 is 1.00 bits per heavy atom. The number of benzene rings is 3. The van der Waals surface area contributed by atoms with Crippen LogP contribution in [-0.4, -0.2) is 23.2 Å². The molecule has 3 aromatic carbocycles. The molecule has 38 heavy (non-hydrogen) atoms. The minimum Gasteiger partial charge on any atom is -0.493 e. The van der Waals surface area contributed by atoms with E-state index in [1.54, 1.807) is 0 Å². The van der Waals surface area contributed by atoms with Crippen LogP contribution in [0.4, 0.5) is 5.69 Å². The van der Waals surface area contributed by atoms with Crippen molar-refractivity contribution in [2.45, 2.75) is 63.3 Å². The quantitative estimate of drug-likeness (QED) is 0.293. The second-order valence-corrected chi connectivity index (χ2v) is 12.0. The third kappa shape index (κ3) is 5.29. The van der Waals surface area contributed by atoms with E-state index in [0.717, 1.165) is 37.1 Å². The maximum Gasteiger partial charge on any atom is 0.329 e. The number of hydrogen-bond acceptors (Lipinski definition) is 3. The maximum atomic E-state index is 12.7. The molecule has 4 nitrogen and oxygen atoms in total.